The number of amides is 1. The largest absolute Gasteiger partial charge is 0.395 e. The van der Waals surface area contributed by atoms with Gasteiger partial charge in [0, 0.05) is 31.1 Å². The second-order valence-electron chi connectivity index (χ2n) is 5.07. The third-order valence-electron chi connectivity index (χ3n) is 3.90. The topological polar surface area (TPSA) is 75.4 Å². The molecule has 0 unspecified atom stereocenters. The standard InChI is InChI=1S/C13H17N3O3S/c17-6-4-15(9-2-1-3-9)11(18)10-8-14-13-16(12(10)19)5-7-20-13/h8-9,17H,1-7H2. The summed E-state index contributed by atoms with van der Waals surface area (Å²) in [7, 11) is 0. The van der Waals surface area contributed by atoms with E-state index in [2.05, 4.69) is 4.98 Å². The molecule has 2 heterocycles. The molecule has 0 atom stereocenters. The summed E-state index contributed by atoms with van der Waals surface area (Å²) in [6.07, 6.45) is 4.37. The van der Waals surface area contributed by atoms with Crippen molar-refractivity contribution in [2.75, 3.05) is 18.9 Å². The molecule has 6 nitrogen and oxygen atoms in total. The predicted octanol–water partition coefficient (Wildman–Crippen LogP) is 0.336. The lowest BCUT2D eigenvalue weighted by Crippen LogP contribution is -2.47. The first-order valence-corrected chi connectivity index (χ1v) is 7.85. The van der Waals surface area contributed by atoms with Crippen LogP contribution in [0, 0.1) is 0 Å². The smallest absolute Gasteiger partial charge is 0.267 e. The molecule has 1 aliphatic carbocycles. The van der Waals surface area contributed by atoms with E-state index < -0.39 is 0 Å². The van der Waals surface area contributed by atoms with Crippen molar-refractivity contribution in [2.45, 2.75) is 37.0 Å². The van der Waals surface area contributed by atoms with Crippen molar-refractivity contribution in [1.82, 2.24) is 14.5 Å². The Balaban J connectivity index is 1.91. The van der Waals surface area contributed by atoms with Crippen molar-refractivity contribution < 1.29 is 9.90 Å². The molecule has 0 saturated heterocycles. The Labute approximate surface area is 120 Å². The van der Waals surface area contributed by atoms with Gasteiger partial charge in [0.1, 0.15) is 5.56 Å². The summed E-state index contributed by atoms with van der Waals surface area (Å²) in [4.78, 5) is 30.7. The van der Waals surface area contributed by atoms with Crippen molar-refractivity contribution in [2.24, 2.45) is 0 Å². The normalized spacial score (nSPS) is 17.6. The molecule has 3 rings (SSSR count). The molecule has 2 aliphatic rings. The van der Waals surface area contributed by atoms with Crippen LogP contribution in [0.2, 0.25) is 0 Å². The molecule has 1 N–H and O–H groups in total. The zero-order valence-corrected chi connectivity index (χ0v) is 11.9. The maximum absolute atomic E-state index is 12.5. The van der Waals surface area contributed by atoms with Crippen LogP contribution >= 0.6 is 11.8 Å². The number of thioether (sulfide) groups is 1. The van der Waals surface area contributed by atoms with Crippen molar-refractivity contribution in [3.63, 3.8) is 0 Å². The van der Waals surface area contributed by atoms with Crippen LogP contribution in [-0.2, 0) is 6.54 Å². The Hall–Kier alpha value is -1.34. The number of fused-ring (bicyclic) bond motifs is 1. The molecule has 1 amide bonds. The number of hydrogen-bond donors (Lipinski definition) is 1. The molecular weight excluding hydrogens is 278 g/mol. The van der Waals surface area contributed by atoms with Gasteiger partial charge in [0.05, 0.1) is 6.61 Å². The summed E-state index contributed by atoms with van der Waals surface area (Å²) < 4.78 is 1.57. The van der Waals surface area contributed by atoms with Crippen molar-refractivity contribution >= 4 is 17.7 Å². The van der Waals surface area contributed by atoms with Gasteiger partial charge in [-0.15, -0.1) is 0 Å². The molecular formula is C13H17N3O3S. The Morgan fingerprint density at radius 1 is 1.55 bits per heavy atom. The Bertz CT molecular complexity index is 583. The highest BCUT2D eigenvalue weighted by molar-refractivity contribution is 7.99. The van der Waals surface area contributed by atoms with Gasteiger partial charge < -0.3 is 10.0 Å². The highest BCUT2D eigenvalue weighted by Gasteiger charge is 2.31. The lowest BCUT2D eigenvalue weighted by Gasteiger charge is -2.37. The lowest BCUT2D eigenvalue weighted by molar-refractivity contribution is 0.0522. The summed E-state index contributed by atoms with van der Waals surface area (Å²) in [5.74, 6) is 0.525. The maximum atomic E-state index is 12.5. The van der Waals surface area contributed by atoms with Crippen LogP contribution in [0.5, 0.6) is 0 Å². The van der Waals surface area contributed by atoms with Crippen molar-refractivity contribution in [1.29, 1.82) is 0 Å². The number of aliphatic hydroxyl groups excluding tert-OH is 1. The van der Waals surface area contributed by atoms with Crippen LogP contribution in [0.25, 0.3) is 0 Å². The average Bonchev–Trinajstić information content (AvgIpc) is 2.85. The second-order valence-corrected chi connectivity index (χ2v) is 6.13. The second kappa shape index (κ2) is 5.57. The fourth-order valence-corrected chi connectivity index (χ4v) is 3.49. The van der Waals surface area contributed by atoms with E-state index in [-0.39, 0.29) is 36.2 Å². The van der Waals surface area contributed by atoms with Gasteiger partial charge in [-0.1, -0.05) is 11.8 Å². The molecule has 108 valence electrons. The van der Waals surface area contributed by atoms with Gasteiger partial charge in [-0.3, -0.25) is 14.2 Å². The number of hydrogen-bond acceptors (Lipinski definition) is 5. The summed E-state index contributed by atoms with van der Waals surface area (Å²) in [6.45, 7) is 0.799. The van der Waals surface area contributed by atoms with Gasteiger partial charge in [-0.2, -0.15) is 0 Å². The molecule has 1 saturated carbocycles. The Morgan fingerprint density at radius 2 is 2.35 bits per heavy atom. The Morgan fingerprint density at radius 3 is 3.00 bits per heavy atom. The van der Waals surface area contributed by atoms with Gasteiger partial charge in [0.25, 0.3) is 11.5 Å². The molecule has 1 aromatic rings. The van der Waals surface area contributed by atoms with Gasteiger partial charge >= 0.3 is 0 Å². The highest BCUT2D eigenvalue weighted by Crippen LogP contribution is 2.26. The fourth-order valence-electron chi connectivity index (χ4n) is 2.58. The SMILES string of the molecule is O=C(c1cnc2n(c1=O)CCS2)N(CCO)C1CCC1. The van der Waals surface area contributed by atoms with Crippen LogP contribution in [0.15, 0.2) is 16.1 Å². The minimum absolute atomic E-state index is 0.0855. The number of rotatable bonds is 4. The monoisotopic (exact) mass is 295 g/mol. The number of carbonyl (C=O) groups excluding carboxylic acids is 1. The third kappa shape index (κ3) is 2.25. The van der Waals surface area contributed by atoms with Crippen LogP contribution < -0.4 is 5.56 Å². The first-order chi connectivity index (χ1) is 9.72. The fraction of sp³-hybridized carbons (Fsp3) is 0.615. The first-order valence-electron chi connectivity index (χ1n) is 6.87. The maximum Gasteiger partial charge on any atom is 0.267 e. The average molecular weight is 295 g/mol. The summed E-state index contributed by atoms with van der Waals surface area (Å²) in [5, 5.41) is 9.81. The number of nitrogens with zero attached hydrogens (tertiary/aromatic N) is 3. The first kappa shape index (κ1) is 13.6. The zero-order valence-electron chi connectivity index (χ0n) is 11.1. The molecule has 1 aromatic heterocycles. The van der Waals surface area contributed by atoms with Gasteiger partial charge in [0.15, 0.2) is 5.16 Å². The van der Waals surface area contributed by atoms with Crippen LogP contribution in [-0.4, -0.2) is 50.4 Å². The molecule has 20 heavy (non-hydrogen) atoms. The minimum Gasteiger partial charge on any atom is -0.395 e. The van der Waals surface area contributed by atoms with E-state index in [0.29, 0.717) is 11.7 Å². The van der Waals surface area contributed by atoms with Crippen molar-refractivity contribution in [3.05, 3.63) is 22.1 Å². The van der Waals surface area contributed by atoms with E-state index in [1.807, 2.05) is 0 Å². The van der Waals surface area contributed by atoms with E-state index >= 15 is 0 Å². The summed E-state index contributed by atoms with van der Waals surface area (Å²) in [6, 6.07) is 0.154. The molecule has 1 fully saturated rings. The number of aliphatic hydroxyl groups is 1. The summed E-state index contributed by atoms with van der Waals surface area (Å²) >= 11 is 1.53. The molecule has 0 radical (unpaired) electrons. The van der Waals surface area contributed by atoms with E-state index in [4.69, 9.17) is 5.11 Å². The van der Waals surface area contributed by atoms with Crippen LogP contribution in [0.4, 0.5) is 0 Å². The number of aromatic nitrogens is 2. The summed E-state index contributed by atoms with van der Waals surface area (Å²) in [5.41, 5.74) is -0.135. The third-order valence-corrected chi connectivity index (χ3v) is 4.87. The molecule has 0 spiro atoms. The van der Waals surface area contributed by atoms with Crippen LogP contribution in [0.3, 0.4) is 0 Å². The van der Waals surface area contributed by atoms with Crippen LogP contribution in [0.1, 0.15) is 29.6 Å². The van der Waals surface area contributed by atoms with E-state index in [1.165, 1.54) is 18.0 Å². The van der Waals surface area contributed by atoms with Gasteiger partial charge in [0.2, 0.25) is 0 Å². The quantitative estimate of drug-likeness (QED) is 0.811. The molecule has 0 bridgehead atoms. The van der Waals surface area contributed by atoms with E-state index in [1.54, 1.807) is 9.47 Å². The molecule has 1 aliphatic heterocycles. The van der Waals surface area contributed by atoms with E-state index in [0.717, 1.165) is 25.0 Å². The lowest BCUT2D eigenvalue weighted by atomic mass is 9.91. The van der Waals surface area contributed by atoms with Gasteiger partial charge in [-0.05, 0) is 19.3 Å². The van der Waals surface area contributed by atoms with E-state index in [9.17, 15) is 9.59 Å². The predicted molar refractivity (Wildman–Crippen MR) is 75.0 cm³/mol. The van der Waals surface area contributed by atoms with Gasteiger partial charge in [-0.25, -0.2) is 4.98 Å². The Kier molecular flexibility index (Phi) is 3.80. The zero-order chi connectivity index (χ0) is 14.1. The minimum atomic E-state index is -0.298. The highest BCUT2D eigenvalue weighted by atomic mass is 32.2. The molecule has 0 aromatic carbocycles. The molecule has 7 heteroatoms. The number of carbonyl (C=O) groups is 1. The van der Waals surface area contributed by atoms with Crippen molar-refractivity contribution in [3.8, 4) is 0 Å².